The van der Waals surface area contributed by atoms with Crippen LogP contribution in [0, 0.1) is 0 Å². The number of hydrogen-bond donors (Lipinski definition) is 0. The minimum Gasteiger partial charge on any atom is -0.355 e. The highest BCUT2D eigenvalue weighted by Gasteiger charge is 2.28. The lowest BCUT2D eigenvalue weighted by atomic mass is 10.0. The summed E-state index contributed by atoms with van der Waals surface area (Å²) in [4.78, 5) is 9.11. The van der Waals surface area contributed by atoms with E-state index in [0.717, 1.165) is 50.4 Å². The molecule has 0 aliphatic carbocycles. The van der Waals surface area contributed by atoms with Crippen LogP contribution in [-0.4, -0.2) is 67.2 Å². The van der Waals surface area contributed by atoms with Crippen molar-refractivity contribution in [2.45, 2.75) is 36.6 Å². The molecule has 0 radical (unpaired) electrons. The molecular formula is C19H26N6O2S. The second kappa shape index (κ2) is 8.00. The number of aromatic nitrogens is 3. The van der Waals surface area contributed by atoms with Gasteiger partial charge in [0.2, 0.25) is 10.0 Å². The van der Waals surface area contributed by atoms with E-state index in [0.29, 0.717) is 13.1 Å². The van der Waals surface area contributed by atoms with Crippen LogP contribution in [0.3, 0.4) is 0 Å². The highest BCUT2D eigenvalue weighted by molar-refractivity contribution is 7.89. The molecule has 2 aliphatic heterocycles. The van der Waals surface area contributed by atoms with E-state index in [4.69, 9.17) is 0 Å². The van der Waals surface area contributed by atoms with Gasteiger partial charge in [-0.1, -0.05) is 0 Å². The van der Waals surface area contributed by atoms with Gasteiger partial charge in [0.1, 0.15) is 10.7 Å². The van der Waals surface area contributed by atoms with Crippen molar-refractivity contribution >= 4 is 21.7 Å². The largest absolute Gasteiger partial charge is 0.355 e. The number of rotatable bonds is 5. The Morgan fingerprint density at radius 3 is 2.61 bits per heavy atom. The summed E-state index contributed by atoms with van der Waals surface area (Å²) in [6.07, 6.45) is 7.14. The van der Waals surface area contributed by atoms with Gasteiger partial charge in [-0.15, -0.1) is 5.10 Å². The quantitative estimate of drug-likeness (QED) is 0.754. The maximum atomic E-state index is 12.7. The van der Waals surface area contributed by atoms with Gasteiger partial charge in [-0.2, -0.15) is 9.40 Å². The van der Waals surface area contributed by atoms with Crippen molar-refractivity contribution in [1.82, 2.24) is 19.5 Å². The molecule has 1 unspecified atom stereocenters. The third-order valence-electron chi connectivity index (χ3n) is 5.61. The average molecular weight is 403 g/mol. The van der Waals surface area contributed by atoms with E-state index in [9.17, 15) is 8.42 Å². The van der Waals surface area contributed by atoms with E-state index >= 15 is 0 Å². The molecule has 2 saturated heterocycles. The van der Waals surface area contributed by atoms with Gasteiger partial charge < -0.3 is 9.80 Å². The van der Waals surface area contributed by atoms with Gasteiger partial charge in [-0.25, -0.2) is 13.4 Å². The van der Waals surface area contributed by atoms with Crippen LogP contribution >= 0.6 is 0 Å². The summed E-state index contributed by atoms with van der Waals surface area (Å²) >= 11 is 0. The van der Waals surface area contributed by atoms with E-state index < -0.39 is 10.0 Å². The molecule has 4 rings (SSSR count). The normalized spacial score (nSPS) is 21.0. The van der Waals surface area contributed by atoms with Gasteiger partial charge in [-0.05, 0) is 49.9 Å². The molecule has 0 spiro atoms. The monoisotopic (exact) mass is 402 g/mol. The molecule has 0 N–H and O–H groups in total. The fourth-order valence-corrected chi connectivity index (χ4v) is 5.40. The Morgan fingerprint density at radius 2 is 1.93 bits per heavy atom. The molecule has 0 aromatic carbocycles. The number of sulfonamides is 1. The summed E-state index contributed by atoms with van der Waals surface area (Å²) in [6, 6.07) is 7.65. The third-order valence-corrected chi connectivity index (χ3v) is 7.49. The lowest BCUT2D eigenvalue weighted by Crippen LogP contribution is -2.47. The molecule has 2 aromatic heterocycles. The first kappa shape index (κ1) is 19.1. The average Bonchev–Trinajstić information content (AvgIpc) is 3.30. The molecule has 0 saturated carbocycles. The zero-order valence-electron chi connectivity index (χ0n) is 16.1. The summed E-state index contributed by atoms with van der Waals surface area (Å²) in [5, 5.41) is 8.19. The molecule has 2 aliphatic rings. The fraction of sp³-hybridized carbons (Fsp3) is 0.526. The van der Waals surface area contributed by atoms with E-state index in [1.807, 2.05) is 25.2 Å². The summed E-state index contributed by atoms with van der Waals surface area (Å²) in [6.45, 7) is 3.00. The number of nitrogens with zero attached hydrogens (tertiary/aromatic N) is 6. The van der Waals surface area contributed by atoms with Crippen LogP contribution in [0.1, 0.15) is 25.7 Å². The van der Waals surface area contributed by atoms with Crippen LogP contribution in [0.4, 0.5) is 11.6 Å². The molecule has 1 atom stereocenters. The zero-order valence-corrected chi connectivity index (χ0v) is 16.9. The van der Waals surface area contributed by atoms with Gasteiger partial charge in [-0.3, -0.25) is 0 Å². The van der Waals surface area contributed by atoms with E-state index in [1.165, 1.54) is 6.20 Å². The maximum absolute atomic E-state index is 12.7. The van der Waals surface area contributed by atoms with Crippen molar-refractivity contribution in [3.8, 4) is 0 Å². The highest BCUT2D eigenvalue weighted by Crippen LogP contribution is 2.25. The van der Waals surface area contributed by atoms with Crippen molar-refractivity contribution in [3.63, 3.8) is 0 Å². The first-order chi connectivity index (χ1) is 13.6. The Kier molecular flexibility index (Phi) is 5.45. The van der Waals surface area contributed by atoms with Crippen LogP contribution in [0.25, 0.3) is 0 Å². The van der Waals surface area contributed by atoms with Crippen LogP contribution < -0.4 is 9.80 Å². The Bertz CT molecular complexity index is 884. The number of piperidine rings is 1. The minimum atomic E-state index is -3.42. The molecule has 9 heteroatoms. The summed E-state index contributed by atoms with van der Waals surface area (Å²) < 4.78 is 26.9. The number of hydrogen-bond acceptors (Lipinski definition) is 7. The van der Waals surface area contributed by atoms with E-state index in [2.05, 4.69) is 25.0 Å². The maximum Gasteiger partial charge on any atom is 0.244 e. The van der Waals surface area contributed by atoms with Gasteiger partial charge in [0, 0.05) is 51.7 Å². The van der Waals surface area contributed by atoms with Crippen LogP contribution in [-0.2, 0) is 10.0 Å². The summed E-state index contributed by atoms with van der Waals surface area (Å²) in [5.41, 5.74) is 0. The van der Waals surface area contributed by atoms with Crippen LogP contribution in [0.15, 0.2) is 41.6 Å². The van der Waals surface area contributed by atoms with Gasteiger partial charge in [0.25, 0.3) is 0 Å². The molecular weight excluding hydrogens is 376 g/mol. The Balaban J connectivity index is 1.46. The molecule has 0 bridgehead atoms. The predicted molar refractivity (Wildman–Crippen MR) is 108 cm³/mol. The second-order valence-corrected chi connectivity index (χ2v) is 9.34. The Morgan fingerprint density at radius 1 is 1.11 bits per heavy atom. The Labute approximate surface area is 166 Å². The molecule has 8 nitrogen and oxygen atoms in total. The smallest absolute Gasteiger partial charge is 0.244 e. The molecule has 2 fully saturated rings. The standard InChI is InChI=1S/C19H26N6O2S/c1-23(16-6-5-11-24(15-16)19-7-4-10-21-22-19)18-9-8-17(14-20-18)28(26,27)25-12-2-3-13-25/h4,7-10,14,16H,2-3,5-6,11-13,15H2,1H3. The fourth-order valence-electron chi connectivity index (χ4n) is 3.94. The zero-order chi connectivity index (χ0) is 19.6. The summed E-state index contributed by atoms with van der Waals surface area (Å²) in [7, 11) is -1.41. The van der Waals surface area contributed by atoms with Crippen molar-refractivity contribution in [2.75, 3.05) is 43.0 Å². The Hall–Kier alpha value is -2.26. The lowest BCUT2D eigenvalue weighted by molar-refractivity contribution is 0.476. The second-order valence-electron chi connectivity index (χ2n) is 7.40. The van der Waals surface area contributed by atoms with Crippen molar-refractivity contribution in [1.29, 1.82) is 0 Å². The van der Waals surface area contributed by atoms with E-state index in [-0.39, 0.29) is 10.9 Å². The highest BCUT2D eigenvalue weighted by atomic mass is 32.2. The van der Waals surface area contributed by atoms with Gasteiger partial charge >= 0.3 is 0 Å². The number of pyridine rings is 1. The predicted octanol–water partition coefficient (Wildman–Crippen LogP) is 1.76. The van der Waals surface area contributed by atoms with Crippen LogP contribution in [0.2, 0.25) is 0 Å². The first-order valence-corrected chi connectivity index (χ1v) is 11.2. The lowest BCUT2D eigenvalue weighted by Gasteiger charge is -2.38. The first-order valence-electron chi connectivity index (χ1n) is 9.77. The third kappa shape index (κ3) is 3.81. The van der Waals surface area contributed by atoms with Crippen molar-refractivity contribution < 1.29 is 8.42 Å². The van der Waals surface area contributed by atoms with Crippen molar-refractivity contribution in [3.05, 3.63) is 36.7 Å². The number of anilines is 2. The van der Waals surface area contributed by atoms with Gasteiger partial charge in [0.05, 0.1) is 0 Å². The molecule has 2 aromatic rings. The van der Waals surface area contributed by atoms with E-state index in [1.54, 1.807) is 16.6 Å². The van der Waals surface area contributed by atoms with Gasteiger partial charge in [0.15, 0.2) is 5.82 Å². The molecule has 28 heavy (non-hydrogen) atoms. The molecule has 0 amide bonds. The molecule has 4 heterocycles. The SMILES string of the molecule is CN(c1ccc(S(=O)(=O)N2CCCC2)cn1)C1CCCN(c2cccnn2)C1. The number of likely N-dealkylation sites (N-methyl/N-ethyl adjacent to an activating group) is 1. The molecule has 150 valence electrons. The van der Waals surface area contributed by atoms with Crippen LogP contribution in [0.5, 0.6) is 0 Å². The van der Waals surface area contributed by atoms with Crippen molar-refractivity contribution in [2.24, 2.45) is 0 Å². The topological polar surface area (TPSA) is 82.5 Å². The minimum absolute atomic E-state index is 0.274. The summed E-state index contributed by atoms with van der Waals surface area (Å²) in [5.74, 6) is 1.67.